The number of hydrogen-bond acceptors (Lipinski definition) is 6. The van der Waals surface area contributed by atoms with Gasteiger partial charge in [-0.15, -0.1) is 0 Å². The van der Waals surface area contributed by atoms with Crippen LogP contribution in [0.2, 0.25) is 0 Å². The van der Waals surface area contributed by atoms with Gasteiger partial charge >= 0.3 is 0 Å². The van der Waals surface area contributed by atoms with Crippen molar-refractivity contribution < 1.29 is 14.0 Å². The molecule has 1 fully saturated rings. The Bertz CT molecular complexity index is 680. The zero-order valence-electron chi connectivity index (χ0n) is 13.8. The van der Waals surface area contributed by atoms with Gasteiger partial charge in [-0.1, -0.05) is 30.5 Å². The molecule has 2 aliphatic rings. The maximum atomic E-state index is 5.81. The lowest BCUT2D eigenvalue weighted by molar-refractivity contribution is 0.277. The van der Waals surface area contributed by atoms with E-state index in [1.54, 1.807) is 0 Å². The van der Waals surface area contributed by atoms with Gasteiger partial charge in [0.05, 0.1) is 0 Å². The molecule has 1 aliphatic heterocycles. The van der Waals surface area contributed by atoms with E-state index in [4.69, 9.17) is 14.0 Å². The third-order valence-corrected chi connectivity index (χ3v) is 4.70. The summed E-state index contributed by atoms with van der Waals surface area (Å²) in [5.41, 5.74) is 1.15. The fourth-order valence-electron chi connectivity index (χ4n) is 3.35. The van der Waals surface area contributed by atoms with Crippen LogP contribution in [0.5, 0.6) is 11.5 Å². The monoisotopic (exact) mass is 329 g/mol. The second kappa shape index (κ2) is 7.21. The van der Waals surface area contributed by atoms with Crippen molar-refractivity contribution >= 4 is 0 Å². The number of aromatic nitrogens is 2. The van der Waals surface area contributed by atoms with Gasteiger partial charge < -0.3 is 19.3 Å². The standard InChI is InChI=1S/C18H23N3O3/c1-2-4-13(5-3-1)18-20-17(21-24-18)12-23-15-7-6-14-11-19-8-9-22-16(14)10-15/h6-7,10,13,19H,1-5,8-9,11-12H2. The lowest BCUT2D eigenvalue weighted by Crippen LogP contribution is -2.16. The molecule has 0 bridgehead atoms. The summed E-state index contributed by atoms with van der Waals surface area (Å²) in [6.45, 7) is 2.67. The highest BCUT2D eigenvalue weighted by Crippen LogP contribution is 2.31. The first-order valence-electron chi connectivity index (χ1n) is 8.80. The molecule has 1 N–H and O–H groups in total. The van der Waals surface area contributed by atoms with E-state index in [2.05, 4.69) is 15.5 Å². The van der Waals surface area contributed by atoms with Crippen molar-refractivity contribution in [3.8, 4) is 11.5 Å². The molecule has 4 rings (SSSR count). The molecule has 0 spiro atoms. The largest absolute Gasteiger partial charge is 0.492 e. The molecule has 1 aliphatic carbocycles. The molecule has 2 heterocycles. The second-order valence-electron chi connectivity index (χ2n) is 6.47. The molecule has 0 atom stereocenters. The van der Waals surface area contributed by atoms with Gasteiger partial charge in [-0.2, -0.15) is 4.98 Å². The van der Waals surface area contributed by atoms with E-state index in [1.807, 2.05) is 18.2 Å². The average molecular weight is 329 g/mol. The van der Waals surface area contributed by atoms with E-state index in [-0.39, 0.29) is 0 Å². The molecule has 1 aromatic carbocycles. The minimum absolute atomic E-state index is 0.313. The van der Waals surface area contributed by atoms with E-state index in [1.165, 1.54) is 19.3 Å². The topological polar surface area (TPSA) is 69.4 Å². The SMILES string of the molecule is c1cc2c(cc1OCc1noc(C3CCCCC3)n1)OCCNC2. The van der Waals surface area contributed by atoms with Crippen LogP contribution in [0, 0.1) is 0 Å². The highest BCUT2D eigenvalue weighted by Gasteiger charge is 2.21. The van der Waals surface area contributed by atoms with Crippen molar-refractivity contribution in [2.75, 3.05) is 13.2 Å². The van der Waals surface area contributed by atoms with Crippen LogP contribution in [-0.2, 0) is 13.2 Å². The molecule has 0 unspecified atom stereocenters. The van der Waals surface area contributed by atoms with Crippen LogP contribution in [0.3, 0.4) is 0 Å². The van der Waals surface area contributed by atoms with Crippen LogP contribution >= 0.6 is 0 Å². The van der Waals surface area contributed by atoms with Gasteiger partial charge in [0.2, 0.25) is 11.7 Å². The minimum Gasteiger partial charge on any atom is -0.492 e. The molecule has 0 amide bonds. The van der Waals surface area contributed by atoms with Gasteiger partial charge in [-0.25, -0.2) is 0 Å². The smallest absolute Gasteiger partial charge is 0.229 e. The fourth-order valence-corrected chi connectivity index (χ4v) is 3.35. The fraction of sp³-hybridized carbons (Fsp3) is 0.556. The summed E-state index contributed by atoms with van der Waals surface area (Å²) in [7, 11) is 0. The van der Waals surface area contributed by atoms with Crippen LogP contribution in [0.1, 0.15) is 55.3 Å². The van der Waals surface area contributed by atoms with Gasteiger partial charge in [0, 0.05) is 30.6 Å². The van der Waals surface area contributed by atoms with Gasteiger partial charge in [-0.05, 0) is 18.9 Å². The van der Waals surface area contributed by atoms with Gasteiger partial charge in [0.1, 0.15) is 18.1 Å². The van der Waals surface area contributed by atoms with E-state index < -0.39 is 0 Å². The zero-order chi connectivity index (χ0) is 16.2. The van der Waals surface area contributed by atoms with Crippen molar-refractivity contribution in [1.29, 1.82) is 0 Å². The number of nitrogens with one attached hydrogen (secondary N) is 1. The van der Waals surface area contributed by atoms with Crippen LogP contribution in [-0.4, -0.2) is 23.3 Å². The van der Waals surface area contributed by atoms with Crippen LogP contribution in [0.15, 0.2) is 22.7 Å². The van der Waals surface area contributed by atoms with Crippen molar-refractivity contribution in [1.82, 2.24) is 15.5 Å². The van der Waals surface area contributed by atoms with Crippen LogP contribution < -0.4 is 14.8 Å². The normalized spacial score (nSPS) is 18.5. The Kier molecular flexibility index (Phi) is 4.64. The Hall–Kier alpha value is -2.08. The molecule has 6 heteroatoms. The summed E-state index contributed by atoms with van der Waals surface area (Å²) in [6.07, 6.45) is 6.12. The summed E-state index contributed by atoms with van der Waals surface area (Å²) in [5.74, 6) is 3.44. The summed E-state index contributed by atoms with van der Waals surface area (Å²) in [4.78, 5) is 4.51. The highest BCUT2D eigenvalue weighted by atomic mass is 16.5. The summed E-state index contributed by atoms with van der Waals surface area (Å²) < 4.78 is 17.0. The Morgan fingerprint density at radius 1 is 1.21 bits per heavy atom. The van der Waals surface area contributed by atoms with E-state index in [0.717, 1.165) is 48.9 Å². The molecular weight excluding hydrogens is 306 g/mol. The van der Waals surface area contributed by atoms with Gasteiger partial charge in [-0.3, -0.25) is 0 Å². The zero-order valence-corrected chi connectivity index (χ0v) is 13.8. The molecule has 0 saturated heterocycles. The number of rotatable bonds is 4. The molecule has 1 saturated carbocycles. The predicted molar refractivity (Wildman–Crippen MR) is 88.1 cm³/mol. The molecule has 1 aromatic heterocycles. The number of benzene rings is 1. The lowest BCUT2D eigenvalue weighted by Gasteiger charge is -2.17. The van der Waals surface area contributed by atoms with E-state index >= 15 is 0 Å². The minimum atomic E-state index is 0.313. The molecule has 0 radical (unpaired) electrons. The first-order chi connectivity index (χ1) is 11.9. The Labute approximate surface area is 141 Å². The highest BCUT2D eigenvalue weighted by molar-refractivity contribution is 5.41. The molecular formula is C18H23N3O3. The first-order valence-corrected chi connectivity index (χ1v) is 8.80. The Balaban J connectivity index is 1.38. The lowest BCUT2D eigenvalue weighted by atomic mass is 9.89. The summed E-state index contributed by atoms with van der Waals surface area (Å²) in [6, 6.07) is 5.93. The van der Waals surface area contributed by atoms with Gasteiger partial charge in [0.15, 0.2) is 6.61 Å². The number of nitrogens with zero attached hydrogens (tertiary/aromatic N) is 2. The summed E-state index contributed by atoms with van der Waals surface area (Å²) >= 11 is 0. The molecule has 2 aromatic rings. The van der Waals surface area contributed by atoms with E-state index in [0.29, 0.717) is 25.0 Å². The average Bonchev–Trinajstić information content (AvgIpc) is 2.98. The van der Waals surface area contributed by atoms with Crippen molar-refractivity contribution in [2.24, 2.45) is 0 Å². The molecule has 6 nitrogen and oxygen atoms in total. The maximum absolute atomic E-state index is 5.81. The predicted octanol–water partition coefficient (Wildman–Crippen LogP) is 3.18. The third-order valence-electron chi connectivity index (χ3n) is 4.70. The third kappa shape index (κ3) is 3.53. The summed E-state index contributed by atoms with van der Waals surface area (Å²) in [5, 5.41) is 7.37. The number of ether oxygens (including phenoxy) is 2. The maximum Gasteiger partial charge on any atom is 0.229 e. The molecule has 24 heavy (non-hydrogen) atoms. The van der Waals surface area contributed by atoms with Crippen molar-refractivity contribution in [3.05, 3.63) is 35.5 Å². The Morgan fingerprint density at radius 2 is 2.12 bits per heavy atom. The number of hydrogen-bond donors (Lipinski definition) is 1. The van der Waals surface area contributed by atoms with Crippen LogP contribution in [0.4, 0.5) is 0 Å². The quantitative estimate of drug-likeness (QED) is 0.929. The second-order valence-corrected chi connectivity index (χ2v) is 6.47. The number of fused-ring (bicyclic) bond motifs is 1. The van der Waals surface area contributed by atoms with Crippen molar-refractivity contribution in [3.63, 3.8) is 0 Å². The van der Waals surface area contributed by atoms with Crippen molar-refractivity contribution in [2.45, 2.75) is 51.2 Å². The Morgan fingerprint density at radius 3 is 3.04 bits per heavy atom. The van der Waals surface area contributed by atoms with Gasteiger partial charge in [0.25, 0.3) is 0 Å². The van der Waals surface area contributed by atoms with E-state index in [9.17, 15) is 0 Å². The first kappa shape index (κ1) is 15.4. The molecule has 128 valence electrons. The van der Waals surface area contributed by atoms with Crippen LogP contribution in [0.25, 0.3) is 0 Å².